The predicted molar refractivity (Wildman–Crippen MR) is 101 cm³/mol. The average Bonchev–Trinajstić information content (AvgIpc) is 3.08. The van der Waals surface area contributed by atoms with Crippen molar-refractivity contribution >= 4 is 17.4 Å². The molecular weight excluding hydrogens is 359 g/mol. The summed E-state index contributed by atoms with van der Waals surface area (Å²) in [6.07, 6.45) is 0.983. The Labute approximate surface area is 160 Å². The van der Waals surface area contributed by atoms with E-state index in [1.54, 1.807) is 12.1 Å². The third kappa shape index (κ3) is 2.85. The molecule has 0 fully saturated rings. The number of hydrogen-bond acceptors (Lipinski definition) is 6. The van der Waals surface area contributed by atoms with Gasteiger partial charge in [0.25, 0.3) is 0 Å². The molecule has 5 rings (SSSR count). The number of rotatable bonds is 2. The Morgan fingerprint density at radius 3 is 2.46 bits per heavy atom. The van der Waals surface area contributed by atoms with Crippen LogP contribution >= 0.6 is 0 Å². The maximum Gasteiger partial charge on any atom is 0.219 e. The molecule has 2 aromatic carbocycles. The van der Waals surface area contributed by atoms with Gasteiger partial charge in [0.15, 0.2) is 5.78 Å². The summed E-state index contributed by atoms with van der Waals surface area (Å²) in [5.41, 5.74) is 3.38. The highest BCUT2D eigenvalue weighted by atomic mass is 19.1. The maximum atomic E-state index is 13.3. The molecule has 1 aliphatic heterocycles. The first kappa shape index (κ1) is 16.7. The van der Waals surface area contributed by atoms with Crippen LogP contribution in [0.4, 0.5) is 16.0 Å². The van der Waals surface area contributed by atoms with Crippen molar-refractivity contribution in [3.63, 3.8) is 0 Å². The van der Waals surface area contributed by atoms with E-state index in [-0.39, 0.29) is 23.6 Å². The third-order valence-electron chi connectivity index (χ3n) is 5.31. The Morgan fingerprint density at radius 1 is 0.929 bits per heavy atom. The van der Waals surface area contributed by atoms with Crippen molar-refractivity contribution < 1.29 is 13.8 Å². The molecule has 3 aromatic rings. The summed E-state index contributed by atoms with van der Waals surface area (Å²) in [5.74, 6) is 0.654. The van der Waals surface area contributed by atoms with E-state index in [4.69, 9.17) is 4.63 Å². The summed E-state index contributed by atoms with van der Waals surface area (Å²) in [7, 11) is 0. The summed E-state index contributed by atoms with van der Waals surface area (Å²) in [6.45, 7) is 0. The van der Waals surface area contributed by atoms with Crippen LogP contribution < -0.4 is 10.6 Å². The first-order valence-corrected chi connectivity index (χ1v) is 9.12. The van der Waals surface area contributed by atoms with E-state index in [1.807, 2.05) is 30.3 Å². The van der Waals surface area contributed by atoms with Crippen molar-refractivity contribution in [1.82, 2.24) is 10.3 Å². The molecule has 0 bridgehead atoms. The molecular formula is C21H17FN4O2. The number of carbonyl (C=O) groups is 1. The molecule has 2 heterocycles. The Kier molecular flexibility index (Phi) is 3.93. The summed E-state index contributed by atoms with van der Waals surface area (Å²) in [6, 6.07) is 15.7. The highest BCUT2D eigenvalue weighted by Crippen LogP contribution is 2.43. The van der Waals surface area contributed by atoms with Crippen molar-refractivity contribution in [3.8, 4) is 0 Å². The van der Waals surface area contributed by atoms with Crippen LogP contribution in [0.5, 0.6) is 0 Å². The van der Waals surface area contributed by atoms with Crippen LogP contribution in [0.2, 0.25) is 0 Å². The van der Waals surface area contributed by atoms with E-state index in [0.29, 0.717) is 30.1 Å². The van der Waals surface area contributed by atoms with Gasteiger partial charge in [-0.3, -0.25) is 4.79 Å². The minimum absolute atomic E-state index is 0.0304. The summed E-state index contributed by atoms with van der Waals surface area (Å²) in [5, 5.41) is 14.4. The number of nitrogens with one attached hydrogen (secondary N) is 2. The fraction of sp³-hybridized carbons (Fsp3) is 0.190. The molecule has 7 heteroatoms. The minimum atomic E-state index is -0.349. The third-order valence-corrected chi connectivity index (χ3v) is 5.31. The molecule has 0 amide bonds. The van der Waals surface area contributed by atoms with Gasteiger partial charge >= 0.3 is 0 Å². The Hall–Kier alpha value is -3.48. The van der Waals surface area contributed by atoms with Crippen molar-refractivity contribution in [1.29, 1.82) is 0 Å². The monoisotopic (exact) mass is 376 g/mol. The number of allylic oxidation sites excluding steroid dienone is 1. The van der Waals surface area contributed by atoms with Crippen molar-refractivity contribution in [3.05, 3.63) is 82.8 Å². The quantitative estimate of drug-likeness (QED) is 0.698. The predicted octanol–water partition coefficient (Wildman–Crippen LogP) is 4.19. The zero-order valence-corrected chi connectivity index (χ0v) is 14.9. The highest BCUT2D eigenvalue weighted by molar-refractivity contribution is 6.00. The van der Waals surface area contributed by atoms with E-state index in [1.165, 1.54) is 12.1 Å². The lowest BCUT2D eigenvalue weighted by Gasteiger charge is -2.29. The molecule has 1 aliphatic carbocycles. The van der Waals surface area contributed by atoms with E-state index in [0.717, 1.165) is 16.8 Å². The number of ketones is 1. The van der Waals surface area contributed by atoms with Crippen molar-refractivity contribution in [2.45, 2.75) is 24.8 Å². The van der Waals surface area contributed by atoms with Crippen LogP contribution in [0.1, 0.15) is 35.9 Å². The number of carbonyl (C=O) groups excluding carboxylic acids is 1. The first-order valence-electron chi connectivity index (χ1n) is 9.12. The van der Waals surface area contributed by atoms with E-state index in [2.05, 4.69) is 20.9 Å². The number of aromatic nitrogens is 2. The zero-order valence-electron chi connectivity index (χ0n) is 14.9. The van der Waals surface area contributed by atoms with Crippen LogP contribution in [-0.4, -0.2) is 16.1 Å². The second-order valence-corrected chi connectivity index (χ2v) is 7.05. The van der Waals surface area contributed by atoms with Crippen LogP contribution in [-0.2, 0) is 4.79 Å². The topological polar surface area (TPSA) is 80.1 Å². The number of fused-ring (bicyclic) bond motifs is 1. The number of hydrogen-bond donors (Lipinski definition) is 2. The van der Waals surface area contributed by atoms with E-state index >= 15 is 0 Å². The van der Waals surface area contributed by atoms with E-state index < -0.39 is 0 Å². The largest absolute Gasteiger partial charge is 0.353 e. The fourth-order valence-corrected chi connectivity index (χ4v) is 3.97. The van der Waals surface area contributed by atoms with Gasteiger partial charge in [0.05, 0.1) is 6.04 Å². The van der Waals surface area contributed by atoms with Crippen molar-refractivity contribution in [2.75, 3.05) is 10.6 Å². The molecule has 0 spiro atoms. The molecule has 6 nitrogen and oxygen atoms in total. The van der Waals surface area contributed by atoms with Gasteiger partial charge in [0.2, 0.25) is 11.6 Å². The van der Waals surface area contributed by atoms with Gasteiger partial charge < -0.3 is 10.6 Å². The number of anilines is 2. The van der Waals surface area contributed by atoms with Gasteiger partial charge in [-0.15, -0.1) is 0 Å². The maximum absolute atomic E-state index is 13.3. The molecule has 2 aliphatic rings. The van der Waals surface area contributed by atoms with Crippen molar-refractivity contribution in [2.24, 2.45) is 0 Å². The molecule has 1 aromatic heterocycles. The fourth-order valence-electron chi connectivity index (χ4n) is 3.97. The number of nitrogens with zero attached hydrogens (tertiary/aromatic N) is 2. The molecule has 0 saturated carbocycles. The first-order chi connectivity index (χ1) is 13.7. The summed E-state index contributed by atoms with van der Waals surface area (Å²) < 4.78 is 18.2. The SMILES string of the molecule is O=C1C[C@H](c2ccc(F)cc2)CC2=C1[C@H](c1ccccc1)Nc1nonc1N2. The molecule has 140 valence electrons. The molecule has 0 radical (unpaired) electrons. The second kappa shape index (κ2) is 6.60. The standard InChI is InChI=1S/C21H17FN4O2/c22-15-8-6-12(7-9-15)14-10-16-18(17(27)11-14)19(13-4-2-1-3-5-13)24-21-20(23-16)25-28-26-21/h1-9,14,19H,10-11H2,(H,23,25)(H,24,26)/t14-,19+/m1/s1. The molecule has 0 saturated heterocycles. The number of halogens is 1. The average molecular weight is 376 g/mol. The lowest BCUT2D eigenvalue weighted by Crippen LogP contribution is -2.27. The van der Waals surface area contributed by atoms with Crippen LogP contribution in [0.15, 0.2) is 70.5 Å². The Morgan fingerprint density at radius 2 is 1.68 bits per heavy atom. The lowest BCUT2D eigenvalue weighted by molar-refractivity contribution is -0.116. The molecule has 28 heavy (non-hydrogen) atoms. The molecule has 2 N–H and O–H groups in total. The molecule has 0 unspecified atom stereocenters. The van der Waals surface area contributed by atoms with Crippen LogP contribution in [0, 0.1) is 5.82 Å². The minimum Gasteiger partial charge on any atom is -0.353 e. The number of Topliss-reactive ketones (excluding diaryl/α,β-unsaturated/α-hetero) is 1. The Bertz CT molecular complexity index is 1060. The van der Waals surface area contributed by atoms with Gasteiger partial charge in [-0.05, 0) is 45.9 Å². The van der Waals surface area contributed by atoms with E-state index in [9.17, 15) is 9.18 Å². The summed E-state index contributed by atoms with van der Waals surface area (Å²) in [4.78, 5) is 13.2. The second-order valence-electron chi connectivity index (χ2n) is 7.05. The highest BCUT2D eigenvalue weighted by Gasteiger charge is 2.37. The van der Waals surface area contributed by atoms with Gasteiger partial charge in [0.1, 0.15) is 5.82 Å². The lowest BCUT2D eigenvalue weighted by atomic mass is 9.78. The zero-order chi connectivity index (χ0) is 19.1. The van der Waals surface area contributed by atoms with Crippen LogP contribution in [0.3, 0.4) is 0 Å². The summed E-state index contributed by atoms with van der Waals surface area (Å²) >= 11 is 0. The number of benzene rings is 2. The normalized spacial score (nSPS) is 21.2. The molecule has 2 atom stereocenters. The van der Waals surface area contributed by atoms with Gasteiger partial charge in [0, 0.05) is 17.7 Å². The van der Waals surface area contributed by atoms with Gasteiger partial charge in [-0.1, -0.05) is 42.5 Å². The van der Waals surface area contributed by atoms with Gasteiger partial charge in [-0.2, -0.15) is 0 Å². The smallest absolute Gasteiger partial charge is 0.219 e. The Balaban J connectivity index is 1.58. The van der Waals surface area contributed by atoms with Crippen LogP contribution in [0.25, 0.3) is 0 Å². The van der Waals surface area contributed by atoms with Gasteiger partial charge in [-0.25, -0.2) is 9.02 Å².